The number of hydrogen-bond acceptors (Lipinski definition) is 7. The van der Waals surface area contributed by atoms with Crippen LogP contribution in [0.15, 0.2) is 52.7 Å². The van der Waals surface area contributed by atoms with Gasteiger partial charge >= 0.3 is 0 Å². The Labute approximate surface area is 188 Å². The number of methoxy groups -OCH3 is 1. The van der Waals surface area contributed by atoms with Gasteiger partial charge in [0.25, 0.3) is 5.91 Å². The van der Waals surface area contributed by atoms with Gasteiger partial charge in [-0.15, -0.1) is 22.7 Å². The van der Waals surface area contributed by atoms with Gasteiger partial charge in [0.15, 0.2) is 16.6 Å². The molecule has 1 amide bonds. The van der Waals surface area contributed by atoms with Crippen LogP contribution in [0.2, 0.25) is 0 Å². The number of aromatic nitrogens is 2. The number of thiazole rings is 2. The maximum Gasteiger partial charge on any atom is 0.257 e. The smallest absolute Gasteiger partial charge is 0.257 e. The first-order chi connectivity index (χ1) is 15.0. The van der Waals surface area contributed by atoms with Crippen LogP contribution in [0.3, 0.4) is 0 Å². The van der Waals surface area contributed by atoms with Crippen LogP contribution in [-0.2, 0) is 6.61 Å². The van der Waals surface area contributed by atoms with E-state index in [1.807, 2.05) is 10.8 Å². The van der Waals surface area contributed by atoms with E-state index in [1.165, 1.54) is 28.2 Å². The second kappa shape index (κ2) is 9.28. The van der Waals surface area contributed by atoms with E-state index in [2.05, 4.69) is 47.3 Å². The molecule has 2 aromatic heterocycles. The quantitative estimate of drug-likeness (QED) is 0.389. The van der Waals surface area contributed by atoms with Crippen molar-refractivity contribution in [3.8, 4) is 22.8 Å². The predicted octanol–water partition coefficient (Wildman–Crippen LogP) is 5.72. The molecule has 0 unspecified atom stereocenters. The number of aryl methyl sites for hydroxylation is 2. The lowest BCUT2D eigenvalue weighted by Crippen LogP contribution is -2.12. The SMILES string of the molecule is COc1cc(C(=O)Nc2nc(-c3ccc(C)cc3C)cs2)ccc1OCc1cscn1. The van der Waals surface area contributed by atoms with E-state index >= 15 is 0 Å². The minimum absolute atomic E-state index is 0.258. The van der Waals surface area contributed by atoms with Crippen LogP contribution in [0.25, 0.3) is 11.3 Å². The zero-order valence-electron chi connectivity index (χ0n) is 17.3. The second-order valence-electron chi connectivity index (χ2n) is 6.94. The van der Waals surface area contributed by atoms with Crippen LogP contribution in [0, 0.1) is 13.8 Å². The Kier molecular flexibility index (Phi) is 6.29. The Morgan fingerprint density at radius 3 is 2.71 bits per heavy atom. The maximum atomic E-state index is 12.7. The van der Waals surface area contributed by atoms with Gasteiger partial charge in [-0.2, -0.15) is 0 Å². The van der Waals surface area contributed by atoms with E-state index < -0.39 is 0 Å². The largest absolute Gasteiger partial charge is 0.493 e. The average Bonchev–Trinajstić information content (AvgIpc) is 3.44. The first-order valence-electron chi connectivity index (χ1n) is 9.56. The molecule has 0 aliphatic rings. The van der Waals surface area contributed by atoms with Crippen LogP contribution in [0.1, 0.15) is 27.2 Å². The lowest BCUT2D eigenvalue weighted by molar-refractivity contribution is 0.102. The highest BCUT2D eigenvalue weighted by atomic mass is 32.1. The third-order valence-corrected chi connectivity index (χ3v) is 6.06. The Morgan fingerprint density at radius 2 is 1.97 bits per heavy atom. The molecule has 158 valence electrons. The maximum absolute atomic E-state index is 12.7. The lowest BCUT2D eigenvalue weighted by atomic mass is 10.0. The van der Waals surface area contributed by atoms with Gasteiger partial charge in [-0.25, -0.2) is 9.97 Å². The second-order valence-corrected chi connectivity index (χ2v) is 8.52. The van der Waals surface area contributed by atoms with E-state index in [0.29, 0.717) is 28.8 Å². The molecule has 8 heteroatoms. The van der Waals surface area contributed by atoms with E-state index in [4.69, 9.17) is 9.47 Å². The highest BCUT2D eigenvalue weighted by Crippen LogP contribution is 2.31. The third kappa shape index (κ3) is 4.92. The molecule has 0 atom stereocenters. The first kappa shape index (κ1) is 21.0. The monoisotopic (exact) mass is 451 g/mol. The van der Waals surface area contributed by atoms with E-state index in [9.17, 15) is 4.79 Å². The molecule has 2 aromatic carbocycles. The summed E-state index contributed by atoms with van der Waals surface area (Å²) in [5, 5.41) is 7.29. The highest BCUT2D eigenvalue weighted by Gasteiger charge is 2.14. The molecule has 0 aliphatic carbocycles. The number of rotatable bonds is 7. The molecular weight excluding hydrogens is 430 g/mol. The Hall–Kier alpha value is -3.23. The summed E-state index contributed by atoms with van der Waals surface area (Å²) in [7, 11) is 1.55. The van der Waals surface area contributed by atoms with Crippen molar-refractivity contribution in [3.63, 3.8) is 0 Å². The minimum atomic E-state index is -0.258. The van der Waals surface area contributed by atoms with Gasteiger partial charge in [0.1, 0.15) is 6.61 Å². The van der Waals surface area contributed by atoms with Crippen molar-refractivity contribution in [2.24, 2.45) is 0 Å². The Bertz CT molecular complexity index is 1200. The Morgan fingerprint density at radius 1 is 1.10 bits per heavy atom. The average molecular weight is 452 g/mol. The Balaban J connectivity index is 1.46. The van der Waals surface area contributed by atoms with Gasteiger partial charge in [-0.05, 0) is 37.6 Å². The molecule has 0 radical (unpaired) electrons. The fraction of sp³-hybridized carbons (Fsp3) is 0.174. The highest BCUT2D eigenvalue weighted by molar-refractivity contribution is 7.14. The zero-order valence-corrected chi connectivity index (χ0v) is 19.0. The number of benzene rings is 2. The van der Waals surface area contributed by atoms with Gasteiger partial charge in [0.05, 0.1) is 24.0 Å². The normalized spacial score (nSPS) is 10.7. The fourth-order valence-corrected chi connectivity index (χ4v) is 4.36. The molecular formula is C23H21N3O3S2. The number of hydrogen-bond donors (Lipinski definition) is 1. The summed E-state index contributed by atoms with van der Waals surface area (Å²) >= 11 is 2.91. The summed E-state index contributed by atoms with van der Waals surface area (Å²) in [5.74, 6) is 0.780. The number of carbonyl (C=O) groups is 1. The van der Waals surface area contributed by atoms with E-state index in [0.717, 1.165) is 22.5 Å². The van der Waals surface area contributed by atoms with Gasteiger partial charge in [-0.3, -0.25) is 10.1 Å². The molecule has 0 aliphatic heterocycles. The molecule has 6 nitrogen and oxygen atoms in total. The van der Waals surface area contributed by atoms with Crippen molar-refractivity contribution in [2.45, 2.75) is 20.5 Å². The standard InChI is InChI=1S/C23H21N3O3S2/c1-14-4-6-18(15(2)8-14)19-12-31-23(25-19)26-22(27)16-5-7-20(21(9-16)28-3)29-10-17-11-30-13-24-17/h4-9,11-13H,10H2,1-3H3,(H,25,26,27). The minimum Gasteiger partial charge on any atom is -0.493 e. The van der Waals surface area contributed by atoms with Crippen molar-refractivity contribution in [1.82, 2.24) is 9.97 Å². The van der Waals surface area contributed by atoms with Crippen molar-refractivity contribution in [3.05, 3.63) is 75.1 Å². The third-order valence-electron chi connectivity index (χ3n) is 4.67. The van der Waals surface area contributed by atoms with Gasteiger partial charge in [0, 0.05) is 21.9 Å². The number of nitrogens with one attached hydrogen (secondary N) is 1. The van der Waals surface area contributed by atoms with Gasteiger partial charge in [-0.1, -0.05) is 23.8 Å². The number of nitrogens with zero attached hydrogens (tertiary/aromatic N) is 2. The summed E-state index contributed by atoms with van der Waals surface area (Å²) in [6, 6.07) is 11.3. The van der Waals surface area contributed by atoms with Crippen molar-refractivity contribution in [1.29, 1.82) is 0 Å². The van der Waals surface area contributed by atoms with Gasteiger partial charge in [0.2, 0.25) is 0 Å². The van der Waals surface area contributed by atoms with Crippen LogP contribution in [0.5, 0.6) is 11.5 Å². The summed E-state index contributed by atoms with van der Waals surface area (Å²) in [6.45, 7) is 4.46. The molecule has 31 heavy (non-hydrogen) atoms. The molecule has 4 aromatic rings. The summed E-state index contributed by atoms with van der Waals surface area (Å²) in [6.07, 6.45) is 0. The van der Waals surface area contributed by atoms with Crippen LogP contribution >= 0.6 is 22.7 Å². The van der Waals surface area contributed by atoms with Crippen molar-refractivity contribution >= 4 is 33.7 Å². The number of anilines is 1. The fourth-order valence-electron chi connectivity index (χ4n) is 3.11. The predicted molar refractivity (Wildman–Crippen MR) is 124 cm³/mol. The lowest BCUT2D eigenvalue weighted by Gasteiger charge is -2.11. The molecule has 0 saturated heterocycles. The number of ether oxygens (including phenoxy) is 2. The van der Waals surface area contributed by atoms with Crippen molar-refractivity contribution in [2.75, 3.05) is 12.4 Å². The number of carbonyl (C=O) groups excluding carboxylic acids is 1. The molecule has 0 fully saturated rings. The van der Waals surface area contributed by atoms with Gasteiger partial charge < -0.3 is 9.47 Å². The summed E-state index contributed by atoms with van der Waals surface area (Å²) < 4.78 is 11.2. The summed E-state index contributed by atoms with van der Waals surface area (Å²) in [4.78, 5) is 21.5. The molecule has 1 N–H and O–H groups in total. The van der Waals surface area contributed by atoms with E-state index in [-0.39, 0.29) is 5.91 Å². The summed E-state index contributed by atoms with van der Waals surface area (Å²) in [5.41, 5.74) is 7.33. The topological polar surface area (TPSA) is 73.3 Å². The van der Waals surface area contributed by atoms with Crippen LogP contribution in [-0.4, -0.2) is 23.0 Å². The molecule has 2 heterocycles. The van der Waals surface area contributed by atoms with Crippen LogP contribution in [0.4, 0.5) is 5.13 Å². The molecule has 0 bridgehead atoms. The molecule has 0 saturated carbocycles. The van der Waals surface area contributed by atoms with Crippen molar-refractivity contribution < 1.29 is 14.3 Å². The van der Waals surface area contributed by atoms with E-state index in [1.54, 1.807) is 30.8 Å². The number of amides is 1. The zero-order chi connectivity index (χ0) is 21.8. The van der Waals surface area contributed by atoms with Crippen LogP contribution < -0.4 is 14.8 Å². The molecule has 0 spiro atoms. The first-order valence-corrected chi connectivity index (χ1v) is 11.4. The molecule has 4 rings (SSSR count).